The van der Waals surface area contributed by atoms with Gasteiger partial charge in [0, 0.05) is 0 Å². The molecular formula is C6H4BrCl2NO2S. The fourth-order valence-electron chi connectivity index (χ4n) is 0.728. The molecule has 2 N–H and O–H groups in total. The Morgan fingerprint density at radius 3 is 2.31 bits per heavy atom. The van der Waals surface area contributed by atoms with E-state index >= 15 is 0 Å². The van der Waals surface area contributed by atoms with E-state index in [4.69, 9.17) is 28.3 Å². The van der Waals surface area contributed by atoms with Crippen LogP contribution in [-0.4, -0.2) is 8.42 Å². The number of halogens is 3. The van der Waals surface area contributed by atoms with E-state index in [9.17, 15) is 8.42 Å². The fraction of sp³-hybridized carbons (Fsp3) is 0. The van der Waals surface area contributed by atoms with Crippen molar-refractivity contribution in [3.8, 4) is 0 Å². The average Bonchev–Trinajstić information content (AvgIpc) is 1.98. The second-order valence-electron chi connectivity index (χ2n) is 2.22. The summed E-state index contributed by atoms with van der Waals surface area (Å²) in [6, 6.07) is 2.65. The molecular weight excluding hydrogens is 301 g/mol. The van der Waals surface area contributed by atoms with E-state index in [0.717, 1.165) is 0 Å². The fourth-order valence-corrected chi connectivity index (χ4v) is 2.51. The van der Waals surface area contributed by atoms with E-state index < -0.39 is 10.0 Å². The topological polar surface area (TPSA) is 60.2 Å². The number of rotatable bonds is 1. The van der Waals surface area contributed by atoms with Gasteiger partial charge in [0.15, 0.2) is 0 Å². The van der Waals surface area contributed by atoms with Crippen LogP contribution in [-0.2, 0) is 10.0 Å². The first-order valence-corrected chi connectivity index (χ1v) is 6.10. The van der Waals surface area contributed by atoms with Crippen LogP contribution in [0, 0.1) is 0 Å². The molecule has 0 aliphatic rings. The van der Waals surface area contributed by atoms with Crippen molar-refractivity contribution in [2.75, 3.05) is 0 Å². The second-order valence-corrected chi connectivity index (χ2v) is 5.33. The van der Waals surface area contributed by atoms with Crippen molar-refractivity contribution in [3.05, 3.63) is 26.7 Å². The van der Waals surface area contributed by atoms with Crippen LogP contribution in [0.1, 0.15) is 0 Å². The summed E-state index contributed by atoms with van der Waals surface area (Å²) in [4.78, 5) is -0.148. The standard InChI is InChI=1S/C6H4BrCl2NO2S/c7-5-3(8)1-2-4(6(5)9)13(10,11)12/h1-2H,(H2,10,11,12). The molecule has 1 aromatic carbocycles. The molecule has 0 atom stereocenters. The van der Waals surface area contributed by atoms with Crippen molar-refractivity contribution in [2.45, 2.75) is 4.90 Å². The molecule has 0 spiro atoms. The zero-order valence-corrected chi connectivity index (χ0v) is 10.0. The number of benzene rings is 1. The molecule has 72 valence electrons. The smallest absolute Gasteiger partial charge is 0.225 e. The van der Waals surface area contributed by atoms with Crippen molar-refractivity contribution in [1.82, 2.24) is 0 Å². The monoisotopic (exact) mass is 303 g/mol. The van der Waals surface area contributed by atoms with E-state index in [2.05, 4.69) is 15.9 Å². The quantitative estimate of drug-likeness (QED) is 0.810. The zero-order chi connectivity index (χ0) is 10.2. The second kappa shape index (κ2) is 3.74. The van der Waals surface area contributed by atoms with Crippen LogP contribution in [0.5, 0.6) is 0 Å². The first-order valence-electron chi connectivity index (χ1n) is 3.00. The Labute approximate surface area is 94.0 Å². The molecule has 7 heteroatoms. The van der Waals surface area contributed by atoms with Crippen molar-refractivity contribution in [3.63, 3.8) is 0 Å². The lowest BCUT2D eigenvalue weighted by molar-refractivity contribution is 0.598. The van der Waals surface area contributed by atoms with Crippen LogP contribution >= 0.6 is 39.1 Å². The van der Waals surface area contributed by atoms with Crippen LogP contribution in [0.3, 0.4) is 0 Å². The van der Waals surface area contributed by atoms with Gasteiger partial charge in [0.25, 0.3) is 0 Å². The molecule has 0 amide bonds. The Hall–Kier alpha value is 0.190. The van der Waals surface area contributed by atoms with Crippen LogP contribution in [0.2, 0.25) is 10.0 Å². The highest BCUT2D eigenvalue weighted by Gasteiger charge is 2.16. The van der Waals surface area contributed by atoms with E-state index in [1.54, 1.807) is 0 Å². The summed E-state index contributed by atoms with van der Waals surface area (Å²) < 4.78 is 22.2. The maximum absolute atomic E-state index is 10.9. The van der Waals surface area contributed by atoms with Crippen molar-refractivity contribution in [1.29, 1.82) is 0 Å². The third kappa shape index (κ3) is 2.35. The molecule has 0 saturated carbocycles. The van der Waals surface area contributed by atoms with Gasteiger partial charge in [0.2, 0.25) is 10.0 Å². The van der Waals surface area contributed by atoms with Gasteiger partial charge < -0.3 is 0 Å². The van der Waals surface area contributed by atoms with Gasteiger partial charge in [-0.15, -0.1) is 0 Å². The first-order chi connectivity index (χ1) is 5.84. The predicted octanol–water partition coefficient (Wildman–Crippen LogP) is 2.40. The van der Waals surface area contributed by atoms with Gasteiger partial charge in [0.1, 0.15) is 4.90 Å². The van der Waals surface area contributed by atoms with Crippen molar-refractivity contribution >= 4 is 49.2 Å². The van der Waals surface area contributed by atoms with Crippen molar-refractivity contribution in [2.24, 2.45) is 5.14 Å². The van der Waals surface area contributed by atoms with Crippen LogP contribution in [0.4, 0.5) is 0 Å². The van der Waals surface area contributed by atoms with Gasteiger partial charge in [-0.1, -0.05) is 23.2 Å². The van der Waals surface area contributed by atoms with E-state index in [-0.39, 0.29) is 9.92 Å². The Balaban J connectivity index is 3.53. The van der Waals surface area contributed by atoms with E-state index in [1.807, 2.05) is 0 Å². The SMILES string of the molecule is NS(=O)(=O)c1ccc(Cl)c(Br)c1Cl. The van der Waals surface area contributed by atoms with Crippen LogP contribution in [0.25, 0.3) is 0 Å². The third-order valence-electron chi connectivity index (χ3n) is 1.31. The van der Waals surface area contributed by atoms with Gasteiger partial charge in [-0.25, -0.2) is 13.6 Å². The molecule has 0 aromatic heterocycles. The molecule has 1 rings (SSSR count). The Morgan fingerprint density at radius 2 is 1.85 bits per heavy atom. The highest BCUT2D eigenvalue weighted by Crippen LogP contribution is 2.34. The number of hydrogen-bond donors (Lipinski definition) is 1. The largest absolute Gasteiger partial charge is 0.239 e. The summed E-state index contributed by atoms with van der Waals surface area (Å²) in [5.74, 6) is 0. The van der Waals surface area contributed by atoms with E-state index in [0.29, 0.717) is 9.50 Å². The molecule has 0 unspecified atom stereocenters. The molecule has 0 saturated heterocycles. The predicted molar refractivity (Wildman–Crippen MR) is 55.5 cm³/mol. The summed E-state index contributed by atoms with van der Waals surface area (Å²) in [6.07, 6.45) is 0. The minimum Gasteiger partial charge on any atom is -0.225 e. The Kier molecular flexibility index (Phi) is 3.24. The average molecular weight is 305 g/mol. The van der Waals surface area contributed by atoms with Gasteiger partial charge >= 0.3 is 0 Å². The lowest BCUT2D eigenvalue weighted by atomic mass is 10.4. The minimum absolute atomic E-state index is 0.00463. The molecule has 0 fully saturated rings. The molecule has 0 heterocycles. The van der Waals surface area contributed by atoms with E-state index in [1.165, 1.54) is 12.1 Å². The zero-order valence-electron chi connectivity index (χ0n) is 6.09. The lowest BCUT2D eigenvalue weighted by Crippen LogP contribution is -2.12. The summed E-state index contributed by atoms with van der Waals surface area (Å²) in [6.45, 7) is 0. The molecule has 1 aromatic rings. The van der Waals surface area contributed by atoms with Gasteiger partial charge in [-0.2, -0.15) is 0 Å². The minimum atomic E-state index is -3.79. The molecule has 0 bridgehead atoms. The highest BCUT2D eigenvalue weighted by atomic mass is 79.9. The van der Waals surface area contributed by atoms with Gasteiger partial charge in [-0.3, -0.25) is 0 Å². The van der Waals surface area contributed by atoms with Crippen LogP contribution in [0.15, 0.2) is 21.5 Å². The molecule has 0 aliphatic heterocycles. The summed E-state index contributed by atoms with van der Waals surface area (Å²) in [5.41, 5.74) is 0. The van der Waals surface area contributed by atoms with Crippen LogP contribution < -0.4 is 5.14 Å². The van der Waals surface area contributed by atoms with Gasteiger partial charge in [0.05, 0.1) is 14.5 Å². The summed E-state index contributed by atoms with van der Waals surface area (Å²) in [7, 11) is -3.79. The number of hydrogen-bond acceptors (Lipinski definition) is 2. The maximum Gasteiger partial charge on any atom is 0.239 e. The summed E-state index contributed by atoms with van der Waals surface area (Å²) >= 11 is 14.4. The molecule has 3 nitrogen and oxygen atoms in total. The Morgan fingerprint density at radius 1 is 1.31 bits per heavy atom. The molecule has 0 radical (unpaired) electrons. The third-order valence-corrected chi connectivity index (χ3v) is 4.36. The molecule has 0 aliphatic carbocycles. The first kappa shape index (κ1) is 11.3. The maximum atomic E-state index is 10.9. The lowest BCUT2D eigenvalue weighted by Gasteiger charge is -2.04. The summed E-state index contributed by atoms with van der Waals surface area (Å²) in [5, 5.41) is 5.23. The molecule has 13 heavy (non-hydrogen) atoms. The number of primary sulfonamides is 1. The van der Waals surface area contributed by atoms with Crippen molar-refractivity contribution < 1.29 is 8.42 Å². The highest BCUT2D eigenvalue weighted by molar-refractivity contribution is 9.10. The number of nitrogens with two attached hydrogens (primary N) is 1. The van der Waals surface area contributed by atoms with Gasteiger partial charge in [-0.05, 0) is 28.1 Å². The Bertz CT molecular complexity index is 446. The number of sulfonamides is 1. The normalized spacial score (nSPS) is 11.7.